The Morgan fingerprint density at radius 1 is 1.33 bits per heavy atom. The molecule has 0 aliphatic heterocycles. The summed E-state index contributed by atoms with van der Waals surface area (Å²) in [7, 11) is 0. The molecule has 0 fully saturated rings. The van der Waals surface area contributed by atoms with Crippen LogP contribution in [0.25, 0.3) is 5.76 Å². The monoisotopic (exact) mass is 200 g/mol. The van der Waals surface area contributed by atoms with E-state index in [9.17, 15) is 0 Å². The van der Waals surface area contributed by atoms with Crippen molar-refractivity contribution in [1.82, 2.24) is 9.97 Å². The van der Waals surface area contributed by atoms with Crippen LogP contribution in [0.15, 0.2) is 43.4 Å². The molecule has 2 aromatic rings. The van der Waals surface area contributed by atoms with Crippen molar-refractivity contribution in [3.8, 4) is 0 Å². The molecule has 0 aliphatic rings. The van der Waals surface area contributed by atoms with E-state index in [-0.39, 0.29) is 5.76 Å². The first kappa shape index (κ1) is 9.52. The van der Waals surface area contributed by atoms with Gasteiger partial charge in [-0.2, -0.15) is 0 Å². The molecule has 3 heteroatoms. The molecule has 1 heterocycles. The number of aliphatic hydroxyl groups is 1. The lowest BCUT2D eigenvalue weighted by Crippen LogP contribution is -1.89. The van der Waals surface area contributed by atoms with E-state index in [0.717, 1.165) is 17.7 Å². The highest BCUT2D eigenvalue weighted by molar-refractivity contribution is 5.56. The van der Waals surface area contributed by atoms with Crippen LogP contribution in [-0.2, 0) is 6.42 Å². The number of aromatic amines is 1. The number of aromatic nitrogens is 2. The number of aliphatic hydroxyl groups excluding tert-OH is 1. The summed E-state index contributed by atoms with van der Waals surface area (Å²) in [5.74, 6) is 0.100. The van der Waals surface area contributed by atoms with Crippen LogP contribution in [0.4, 0.5) is 0 Å². The van der Waals surface area contributed by atoms with Crippen LogP contribution in [0.1, 0.15) is 16.8 Å². The van der Waals surface area contributed by atoms with E-state index in [1.807, 2.05) is 24.3 Å². The predicted octanol–water partition coefficient (Wildman–Crippen LogP) is 2.53. The first-order chi connectivity index (χ1) is 7.25. The first-order valence-corrected chi connectivity index (χ1v) is 4.70. The van der Waals surface area contributed by atoms with E-state index in [0.29, 0.717) is 0 Å². The van der Waals surface area contributed by atoms with E-state index in [2.05, 4.69) is 16.5 Å². The summed E-state index contributed by atoms with van der Waals surface area (Å²) in [6.07, 6.45) is 4.29. The van der Waals surface area contributed by atoms with Gasteiger partial charge in [-0.1, -0.05) is 30.8 Å². The third-order valence-electron chi connectivity index (χ3n) is 2.24. The lowest BCUT2D eigenvalue weighted by atomic mass is 10.1. The highest BCUT2D eigenvalue weighted by Gasteiger charge is 1.99. The molecule has 76 valence electrons. The van der Waals surface area contributed by atoms with Gasteiger partial charge in [0.25, 0.3) is 0 Å². The zero-order valence-corrected chi connectivity index (χ0v) is 8.27. The van der Waals surface area contributed by atoms with Gasteiger partial charge in [0.05, 0.1) is 6.33 Å². The summed E-state index contributed by atoms with van der Waals surface area (Å²) in [5, 5.41) is 9.16. The van der Waals surface area contributed by atoms with Gasteiger partial charge in [-0.15, -0.1) is 0 Å². The number of benzene rings is 1. The number of hydrogen-bond donors (Lipinski definition) is 2. The van der Waals surface area contributed by atoms with Crippen LogP contribution in [0.3, 0.4) is 0 Å². The number of rotatable bonds is 3. The predicted molar refractivity (Wildman–Crippen MR) is 59.5 cm³/mol. The van der Waals surface area contributed by atoms with E-state index in [1.165, 1.54) is 5.56 Å². The van der Waals surface area contributed by atoms with Gasteiger partial charge in [0.15, 0.2) is 0 Å². The Hall–Kier alpha value is -2.03. The Labute approximate surface area is 88.1 Å². The van der Waals surface area contributed by atoms with Crippen molar-refractivity contribution in [1.29, 1.82) is 0 Å². The molecule has 1 aromatic heterocycles. The molecule has 0 radical (unpaired) electrons. The average molecular weight is 200 g/mol. The standard InChI is InChI=1S/C12H12N2O/c1-9(15)11-4-2-10(3-5-11)6-12-7-13-8-14-12/h2-5,7-8,15H,1,6H2,(H,13,14). The lowest BCUT2D eigenvalue weighted by Gasteiger charge is -2.01. The van der Waals surface area contributed by atoms with Crippen molar-refractivity contribution in [2.75, 3.05) is 0 Å². The minimum atomic E-state index is 0.100. The number of nitrogens with one attached hydrogen (secondary N) is 1. The molecule has 0 saturated heterocycles. The molecule has 0 bridgehead atoms. The van der Waals surface area contributed by atoms with Crippen molar-refractivity contribution < 1.29 is 5.11 Å². The van der Waals surface area contributed by atoms with Gasteiger partial charge < -0.3 is 10.1 Å². The van der Waals surface area contributed by atoms with Crippen LogP contribution in [0.5, 0.6) is 0 Å². The molecule has 2 N–H and O–H groups in total. The Morgan fingerprint density at radius 3 is 2.60 bits per heavy atom. The summed E-state index contributed by atoms with van der Waals surface area (Å²) in [5.41, 5.74) is 3.00. The fourth-order valence-electron chi connectivity index (χ4n) is 1.42. The lowest BCUT2D eigenvalue weighted by molar-refractivity contribution is 0.514. The normalized spacial score (nSPS) is 10.1. The third kappa shape index (κ3) is 2.26. The topological polar surface area (TPSA) is 48.9 Å². The van der Waals surface area contributed by atoms with Gasteiger partial charge in [-0.25, -0.2) is 4.98 Å². The van der Waals surface area contributed by atoms with E-state index < -0.39 is 0 Å². The number of hydrogen-bond acceptors (Lipinski definition) is 2. The number of imidazole rings is 1. The molecule has 2 rings (SSSR count). The molecule has 1 aromatic carbocycles. The molecule has 0 saturated carbocycles. The Balaban J connectivity index is 2.14. The molecule has 15 heavy (non-hydrogen) atoms. The van der Waals surface area contributed by atoms with Crippen LogP contribution < -0.4 is 0 Å². The van der Waals surface area contributed by atoms with Gasteiger partial charge >= 0.3 is 0 Å². The van der Waals surface area contributed by atoms with Crippen molar-refractivity contribution in [2.45, 2.75) is 6.42 Å². The van der Waals surface area contributed by atoms with Crippen LogP contribution in [-0.4, -0.2) is 15.1 Å². The minimum Gasteiger partial charge on any atom is -0.508 e. The Bertz CT molecular complexity index is 443. The minimum absolute atomic E-state index is 0.100. The second-order valence-corrected chi connectivity index (χ2v) is 3.40. The number of nitrogens with zero attached hydrogens (tertiary/aromatic N) is 1. The Kier molecular flexibility index (Phi) is 2.54. The van der Waals surface area contributed by atoms with Gasteiger partial charge in [0.2, 0.25) is 0 Å². The zero-order chi connectivity index (χ0) is 10.7. The van der Waals surface area contributed by atoms with Gasteiger partial charge in [0, 0.05) is 23.9 Å². The first-order valence-electron chi connectivity index (χ1n) is 4.70. The highest BCUT2D eigenvalue weighted by Crippen LogP contribution is 2.12. The van der Waals surface area contributed by atoms with Crippen molar-refractivity contribution in [2.24, 2.45) is 0 Å². The van der Waals surface area contributed by atoms with Crippen LogP contribution >= 0.6 is 0 Å². The molecule has 0 amide bonds. The van der Waals surface area contributed by atoms with E-state index >= 15 is 0 Å². The summed E-state index contributed by atoms with van der Waals surface area (Å²) < 4.78 is 0. The van der Waals surface area contributed by atoms with Gasteiger partial charge in [-0.3, -0.25) is 0 Å². The summed E-state index contributed by atoms with van der Waals surface area (Å²) in [4.78, 5) is 7.00. The molecule has 0 spiro atoms. The van der Waals surface area contributed by atoms with Crippen LogP contribution in [0.2, 0.25) is 0 Å². The molecule has 0 atom stereocenters. The zero-order valence-electron chi connectivity index (χ0n) is 8.27. The largest absolute Gasteiger partial charge is 0.508 e. The molecule has 0 unspecified atom stereocenters. The van der Waals surface area contributed by atoms with E-state index in [4.69, 9.17) is 5.11 Å². The summed E-state index contributed by atoms with van der Waals surface area (Å²) >= 11 is 0. The van der Waals surface area contributed by atoms with E-state index in [1.54, 1.807) is 12.5 Å². The van der Waals surface area contributed by atoms with Gasteiger partial charge in [0.1, 0.15) is 5.76 Å². The summed E-state index contributed by atoms with van der Waals surface area (Å²) in [6, 6.07) is 7.65. The van der Waals surface area contributed by atoms with Gasteiger partial charge in [-0.05, 0) is 5.56 Å². The SMILES string of the molecule is C=C(O)c1ccc(Cc2cnc[nH]2)cc1. The summed E-state index contributed by atoms with van der Waals surface area (Å²) in [6.45, 7) is 3.47. The highest BCUT2D eigenvalue weighted by atomic mass is 16.3. The smallest absolute Gasteiger partial charge is 0.115 e. The van der Waals surface area contributed by atoms with Crippen molar-refractivity contribution >= 4 is 5.76 Å². The quantitative estimate of drug-likeness (QED) is 0.748. The maximum atomic E-state index is 9.16. The maximum Gasteiger partial charge on any atom is 0.115 e. The molecular formula is C12H12N2O. The third-order valence-corrected chi connectivity index (χ3v) is 2.24. The fraction of sp³-hybridized carbons (Fsp3) is 0.0833. The molecular weight excluding hydrogens is 188 g/mol. The number of H-pyrrole nitrogens is 1. The van der Waals surface area contributed by atoms with Crippen molar-refractivity contribution in [3.05, 3.63) is 60.2 Å². The maximum absolute atomic E-state index is 9.16. The van der Waals surface area contributed by atoms with Crippen molar-refractivity contribution in [3.63, 3.8) is 0 Å². The second-order valence-electron chi connectivity index (χ2n) is 3.40. The average Bonchev–Trinajstić information content (AvgIpc) is 2.71. The Morgan fingerprint density at radius 2 is 2.07 bits per heavy atom. The second kappa shape index (κ2) is 4.00. The fourth-order valence-corrected chi connectivity index (χ4v) is 1.42. The van der Waals surface area contributed by atoms with Crippen LogP contribution in [0, 0.1) is 0 Å². The molecule has 0 aliphatic carbocycles. The molecule has 3 nitrogen and oxygen atoms in total.